The summed E-state index contributed by atoms with van der Waals surface area (Å²) in [6.07, 6.45) is 1.67. The summed E-state index contributed by atoms with van der Waals surface area (Å²) in [6, 6.07) is 6.24. The second-order valence-electron chi connectivity index (χ2n) is 17.5. The van der Waals surface area contributed by atoms with Crippen LogP contribution in [0.3, 0.4) is 0 Å². The lowest BCUT2D eigenvalue weighted by Crippen LogP contribution is -2.60. The molecular weight excluding hydrogens is 753 g/mol. The topological polar surface area (TPSA) is 170 Å². The minimum Gasteiger partial charge on any atom is -0.480 e. The van der Waals surface area contributed by atoms with Crippen molar-refractivity contribution in [2.45, 2.75) is 149 Å². The Hall–Kier alpha value is -3.59. The first-order valence-corrected chi connectivity index (χ1v) is 21.7. The number of amides is 4. The van der Waals surface area contributed by atoms with E-state index in [-0.39, 0.29) is 48.3 Å². The molecule has 59 heavy (non-hydrogen) atoms. The van der Waals surface area contributed by atoms with Gasteiger partial charge in [-0.15, -0.1) is 0 Å². The summed E-state index contributed by atoms with van der Waals surface area (Å²) in [6.45, 7) is 19.9. The molecule has 0 saturated carbocycles. The van der Waals surface area contributed by atoms with Gasteiger partial charge in [0.25, 0.3) is 0 Å². The quantitative estimate of drug-likeness (QED) is 0.0994. The number of hydrogen-bond donors (Lipinski definition) is 4. The maximum absolute atomic E-state index is 14.5. The molecule has 0 bridgehead atoms. The van der Waals surface area contributed by atoms with Gasteiger partial charge in [-0.2, -0.15) is 0 Å². The number of rotatable bonds is 26. The van der Waals surface area contributed by atoms with Crippen LogP contribution >= 0.6 is 0 Å². The van der Waals surface area contributed by atoms with Gasteiger partial charge in [-0.3, -0.25) is 24.1 Å². The normalized spacial score (nSPS) is 18.6. The van der Waals surface area contributed by atoms with E-state index in [0.717, 1.165) is 25.1 Å². The number of ether oxygens (including phenoxy) is 2. The van der Waals surface area contributed by atoms with Gasteiger partial charge in [-0.1, -0.05) is 99.1 Å². The molecule has 1 fully saturated rings. The van der Waals surface area contributed by atoms with Crippen molar-refractivity contribution in [3.8, 4) is 0 Å². The predicted octanol–water partition coefficient (Wildman–Crippen LogP) is 4.20. The summed E-state index contributed by atoms with van der Waals surface area (Å²) in [5.74, 6) is -3.23. The fraction of sp³-hybridized carbons (Fsp3) is 0.756. The summed E-state index contributed by atoms with van der Waals surface area (Å²) in [5.41, 5.74) is 0.785. The number of carboxylic acids is 1. The molecule has 0 spiro atoms. The van der Waals surface area contributed by atoms with Gasteiger partial charge < -0.3 is 40.3 Å². The Labute approximate surface area is 354 Å². The molecule has 0 aromatic heterocycles. The third-order valence-electron chi connectivity index (χ3n) is 12.0. The summed E-state index contributed by atoms with van der Waals surface area (Å²) in [5, 5.41) is 19.1. The number of likely N-dealkylation sites (tertiary alicyclic amines) is 1. The molecule has 14 heteroatoms. The molecule has 14 nitrogen and oxygen atoms in total. The van der Waals surface area contributed by atoms with Crippen LogP contribution in [-0.4, -0.2) is 146 Å². The van der Waals surface area contributed by atoms with Crippen molar-refractivity contribution >= 4 is 29.6 Å². The number of carbonyl (C=O) groups excluding carboxylic acids is 4. The lowest BCUT2D eigenvalue weighted by Gasteiger charge is -2.41. The smallest absolute Gasteiger partial charge is 0.326 e. The van der Waals surface area contributed by atoms with Crippen LogP contribution in [0.2, 0.25) is 0 Å². The van der Waals surface area contributed by atoms with Crippen molar-refractivity contribution in [1.82, 2.24) is 30.7 Å². The first-order chi connectivity index (χ1) is 27.8. The van der Waals surface area contributed by atoms with E-state index in [0.29, 0.717) is 31.8 Å². The predicted molar refractivity (Wildman–Crippen MR) is 232 cm³/mol. The number of likely N-dealkylation sites (N-methyl/N-ethyl adjacent to an activating group) is 2. The third kappa shape index (κ3) is 15.1. The van der Waals surface area contributed by atoms with Crippen molar-refractivity contribution in [2.75, 3.05) is 47.9 Å². The van der Waals surface area contributed by atoms with Gasteiger partial charge in [0, 0.05) is 40.3 Å². The van der Waals surface area contributed by atoms with Crippen LogP contribution in [0.5, 0.6) is 0 Å². The van der Waals surface area contributed by atoms with Crippen LogP contribution in [0.4, 0.5) is 0 Å². The largest absolute Gasteiger partial charge is 0.480 e. The number of carboxylic acid groups (broad SMARTS) is 1. The highest BCUT2D eigenvalue weighted by Gasteiger charge is 2.43. The van der Waals surface area contributed by atoms with Crippen LogP contribution in [0, 0.1) is 23.7 Å². The van der Waals surface area contributed by atoms with Crippen LogP contribution in [0.15, 0.2) is 30.3 Å². The molecule has 4 amide bonds. The molecule has 0 aliphatic carbocycles. The summed E-state index contributed by atoms with van der Waals surface area (Å²) in [7, 11) is 6.73. The number of hydrogen-bond acceptors (Lipinski definition) is 9. The van der Waals surface area contributed by atoms with Gasteiger partial charge in [-0.25, -0.2) is 4.79 Å². The number of benzene rings is 1. The summed E-state index contributed by atoms with van der Waals surface area (Å²) >= 11 is 0. The van der Waals surface area contributed by atoms with E-state index in [1.165, 1.54) is 7.11 Å². The molecule has 4 N–H and O–H groups in total. The van der Waals surface area contributed by atoms with E-state index in [4.69, 9.17) is 9.47 Å². The van der Waals surface area contributed by atoms with E-state index < -0.39 is 60.2 Å². The maximum atomic E-state index is 14.5. The molecule has 1 aromatic carbocycles. The van der Waals surface area contributed by atoms with Crippen molar-refractivity contribution in [3.05, 3.63) is 35.9 Å². The van der Waals surface area contributed by atoms with E-state index in [1.807, 2.05) is 78.9 Å². The number of aliphatic carboxylic acids is 1. The average Bonchev–Trinajstić information content (AvgIpc) is 3.67. The van der Waals surface area contributed by atoms with Gasteiger partial charge in [0.05, 0.1) is 42.7 Å². The minimum absolute atomic E-state index is 0.0145. The van der Waals surface area contributed by atoms with Crippen molar-refractivity contribution in [3.63, 3.8) is 0 Å². The lowest BCUT2D eigenvalue weighted by molar-refractivity contribution is -0.148. The third-order valence-corrected chi connectivity index (χ3v) is 12.0. The van der Waals surface area contributed by atoms with Crippen molar-refractivity contribution in [2.24, 2.45) is 23.7 Å². The molecule has 2 rings (SSSR count). The monoisotopic (exact) mass is 831 g/mol. The molecule has 1 heterocycles. The Morgan fingerprint density at radius 2 is 1.54 bits per heavy atom. The van der Waals surface area contributed by atoms with Crippen LogP contribution in [0.1, 0.15) is 100.0 Å². The Bertz CT molecular complexity index is 1460. The SMILES string of the molecule is CC[C@H](C)[C@@H]([C@@H](CC(=O)N1CCC[C@H]1[C@H](OC)[C@@H](C)C(=O)N[C@@H](Cc1ccccc1)C(=O)O)OC)N(C)C(=O)[C@@H](NC(=O)[C@H](C(C)C)N(C)CCCNC(C)C)C(C)C. The molecule has 1 aromatic rings. The molecule has 1 aliphatic rings. The number of methoxy groups -OCH3 is 2. The number of nitrogens with one attached hydrogen (secondary N) is 3. The van der Waals surface area contributed by atoms with Crippen LogP contribution in [-0.2, 0) is 39.9 Å². The second-order valence-corrected chi connectivity index (χ2v) is 17.5. The molecular formula is C45H78N6O8. The van der Waals surface area contributed by atoms with E-state index in [9.17, 15) is 29.1 Å². The second kappa shape index (κ2) is 25.2. The van der Waals surface area contributed by atoms with Gasteiger partial charge >= 0.3 is 5.97 Å². The summed E-state index contributed by atoms with van der Waals surface area (Å²) < 4.78 is 11.9. The van der Waals surface area contributed by atoms with E-state index in [2.05, 4.69) is 34.7 Å². The zero-order chi connectivity index (χ0) is 44.6. The van der Waals surface area contributed by atoms with Crippen molar-refractivity contribution < 1.29 is 38.6 Å². The number of nitrogens with zero attached hydrogens (tertiary/aromatic N) is 3. The lowest BCUT2D eigenvalue weighted by atomic mass is 9.89. The molecule has 336 valence electrons. The highest BCUT2D eigenvalue weighted by Crippen LogP contribution is 2.30. The Kier molecular flexibility index (Phi) is 22.1. The van der Waals surface area contributed by atoms with Gasteiger partial charge in [0.2, 0.25) is 23.6 Å². The first kappa shape index (κ1) is 51.6. The first-order valence-electron chi connectivity index (χ1n) is 21.7. The molecule has 1 aliphatic heterocycles. The minimum atomic E-state index is -1.14. The van der Waals surface area contributed by atoms with Crippen LogP contribution < -0.4 is 16.0 Å². The zero-order valence-electron chi connectivity index (χ0n) is 38.3. The molecule has 1 saturated heterocycles. The fourth-order valence-electron chi connectivity index (χ4n) is 8.50. The Balaban J connectivity index is 2.26. The van der Waals surface area contributed by atoms with Gasteiger partial charge in [0.15, 0.2) is 0 Å². The highest BCUT2D eigenvalue weighted by atomic mass is 16.5. The van der Waals surface area contributed by atoms with Crippen LogP contribution in [0.25, 0.3) is 0 Å². The Morgan fingerprint density at radius 3 is 2.07 bits per heavy atom. The molecule has 9 atom stereocenters. The van der Waals surface area contributed by atoms with Gasteiger partial charge in [-0.05, 0) is 62.7 Å². The van der Waals surface area contributed by atoms with Crippen molar-refractivity contribution in [1.29, 1.82) is 0 Å². The highest BCUT2D eigenvalue weighted by molar-refractivity contribution is 5.90. The Morgan fingerprint density at radius 1 is 0.898 bits per heavy atom. The molecule has 0 unspecified atom stereocenters. The average molecular weight is 831 g/mol. The zero-order valence-corrected chi connectivity index (χ0v) is 38.3. The number of carbonyl (C=O) groups is 5. The standard InChI is InChI=1S/C45H78N6O8/c1-14-31(8)40(50(11)44(55)38(28(2)3)48-43(54)39(29(4)5)49(10)24-19-23-46-30(6)7)36(58-12)27-37(52)51-25-18-22-35(51)41(59-13)32(9)42(53)47-34(45(56)57)26-33-20-16-15-17-21-33/h15-17,20-21,28-32,34-36,38-41,46H,14,18-19,22-27H2,1-13H3,(H,47,53)(H,48,54)(H,56,57)/t31-,32+,34-,35-,36+,38-,39-,40-,41+/m0/s1. The van der Waals surface area contributed by atoms with Gasteiger partial charge in [0.1, 0.15) is 12.1 Å². The summed E-state index contributed by atoms with van der Waals surface area (Å²) in [4.78, 5) is 73.8. The molecule has 0 radical (unpaired) electrons. The van der Waals surface area contributed by atoms with E-state index >= 15 is 0 Å². The maximum Gasteiger partial charge on any atom is 0.326 e. The fourth-order valence-corrected chi connectivity index (χ4v) is 8.50. The van der Waals surface area contributed by atoms with E-state index in [1.54, 1.807) is 30.9 Å².